The van der Waals surface area contributed by atoms with Crippen LogP contribution in [0.25, 0.3) is 0 Å². The Morgan fingerprint density at radius 1 is 0.630 bits per heavy atom. The molecule has 0 saturated carbocycles. The van der Waals surface area contributed by atoms with Crippen LogP contribution in [0.3, 0.4) is 0 Å². The van der Waals surface area contributed by atoms with E-state index in [1.165, 1.54) is 33.4 Å². The topological polar surface area (TPSA) is 40.2 Å². The second-order valence-corrected chi connectivity index (χ2v) is 15.3. The highest BCUT2D eigenvalue weighted by Crippen LogP contribution is 2.60. The first kappa shape index (κ1) is 32.4. The maximum absolute atomic E-state index is 7.27. The summed E-state index contributed by atoms with van der Waals surface area (Å²) < 4.78 is 29.1. The van der Waals surface area contributed by atoms with Gasteiger partial charge in [-0.3, -0.25) is 0 Å². The Kier molecular flexibility index (Phi) is 9.11. The van der Waals surface area contributed by atoms with Crippen LogP contribution in [0.5, 0.6) is 23.0 Å². The fourth-order valence-electron chi connectivity index (χ4n) is 7.43. The Balaban J connectivity index is 1.65. The molecule has 0 aromatic heterocycles. The van der Waals surface area contributed by atoms with Crippen LogP contribution in [-0.4, -0.2) is 18.9 Å². The van der Waals surface area contributed by atoms with Gasteiger partial charge in [-0.1, -0.05) is 107 Å². The number of hydrogen-bond acceptors (Lipinski definition) is 5. The molecule has 4 aromatic carbocycles. The van der Waals surface area contributed by atoms with E-state index in [4.69, 9.17) is 18.5 Å². The van der Waals surface area contributed by atoms with Crippen molar-refractivity contribution in [2.75, 3.05) is 14.2 Å². The van der Waals surface area contributed by atoms with E-state index in [1.54, 1.807) is 14.2 Å². The smallest absolute Gasteiger partial charge is 0.385 e. The van der Waals surface area contributed by atoms with Gasteiger partial charge in [-0.15, -0.1) is 0 Å². The predicted molar refractivity (Wildman–Crippen MR) is 188 cm³/mol. The Morgan fingerprint density at radius 3 is 1.43 bits per heavy atom. The summed E-state index contributed by atoms with van der Waals surface area (Å²) in [6, 6.07) is 29.9. The molecule has 4 aromatic rings. The molecule has 242 valence electrons. The molecule has 1 aliphatic heterocycles. The molecule has 0 amide bonds. The second kappa shape index (κ2) is 12.9. The largest absolute Gasteiger partial charge is 0.493 e. The average Bonchev–Trinajstić information content (AvgIpc) is 3.04. The van der Waals surface area contributed by atoms with Crippen molar-refractivity contribution in [3.63, 3.8) is 0 Å². The third-order valence-electron chi connectivity index (χ3n) is 10.2. The number of rotatable bonds is 7. The van der Waals surface area contributed by atoms with Gasteiger partial charge in [-0.25, -0.2) is 4.67 Å². The zero-order valence-corrected chi connectivity index (χ0v) is 29.5. The van der Waals surface area contributed by atoms with Crippen molar-refractivity contribution in [1.29, 1.82) is 0 Å². The summed E-state index contributed by atoms with van der Waals surface area (Å²) >= 11 is 0. The Hall–Kier alpha value is -3.53. The lowest BCUT2D eigenvalue weighted by molar-refractivity contribution is 0.241. The summed E-state index contributed by atoms with van der Waals surface area (Å²) in [6.07, 6.45) is 3.96. The molecule has 1 heterocycles. The fourth-order valence-corrected chi connectivity index (χ4v) is 9.20. The van der Waals surface area contributed by atoms with Crippen molar-refractivity contribution in [2.24, 2.45) is 0 Å². The molecule has 6 heteroatoms. The van der Waals surface area contributed by atoms with Gasteiger partial charge in [0.15, 0.2) is 23.0 Å². The summed E-state index contributed by atoms with van der Waals surface area (Å²) in [5, 5.41) is 0. The van der Waals surface area contributed by atoms with E-state index in [9.17, 15) is 0 Å². The van der Waals surface area contributed by atoms with Gasteiger partial charge in [0.2, 0.25) is 0 Å². The molecule has 1 aliphatic carbocycles. The van der Waals surface area contributed by atoms with E-state index >= 15 is 0 Å². The van der Waals surface area contributed by atoms with Gasteiger partial charge in [-0.2, -0.15) is 0 Å². The van der Waals surface area contributed by atoms with Gasteiger partial charge in [0.1, 0.15) is 0 Å². The minimum atomic E-state index is -1.73. The van der Waals surface area contributed by atoms with Crippen molar-refractivity contribution in [3.8, 4) is 23.0 Å². The van der Waals surface area contributed by atoms with Gasteiger partial charge < -0.3 is 18.5 Å². The molecule has 2 bridgehead atoms. The molecule has 0 saturated heterocycles. The normalized spacial score (nSPS) is 18.3. The summed E-state index contributed by atoms with van der Waals surface area (Å²) in [6.45, 7) is 14.0. The molecule has 6 rings (SSSR count). The second-order valence-electron chi connectivity index (χ2n) is 14.0. The minimum absolute atomic E-state index is 0.0241. The highest BCUT2D eigenvalue weighted by molar-refractivity contribution is 7.45. The fraction of sp³-hybridized carbons (Fsp3) is 0.400. The molecule has 46 heavy (non-hydrogen) atoms. The predicted octanol–water partition coefficient (Wildman–Crippen LogP) is 10.9. The number of benzene rings is 4. The van der Waals surface area contributed by atoms with E-state index in [1.807, 2.05) is 0 Å². The van der Waals surface area contributed by atoms with Crippen LogP contribution < -0.4 is 18.5 Å². The van der Waals surface area contributed by atoms with E-state index in [2.05, 4.69) is 131 Å². The van der Waals surface area contributed by atoms with Crippen LogP contribution >= 0.6 is 8.53 Å². The van der Waals surface area contributed by atoms with Crippen molar-refractivity contribution >= 4 is 8.53 Å². The molecule has 5 nitrogen and oxygen atoms in total. The summed E-state index contributed by atoms with van der Waals surface area (Å²) in [7, 11) is 1.74. The number of nitrogens with zero attached hydrogens (tertiary/aromatic N) is 1. The third kappa shape index (κ3) is 6.00. The van der Waals surface area contributed by atoms with Gasteiger partial charge in [0, 0.05) is 29.6 Å². The minimum Gasteiger partial charge on any atom is -0.493 e. The lowest BCUT2D eigenvalue weighted by Crippen LogP contribution is -2.31. The zero-order chi connectivity index (χ0) is 32.6. The van der Waals surface area contributed by atoms with Crippen molar-refractivity contribution in [1.82, 2.24) is 4.67 Å². The number of ether oxygens (including phenoxy) is 2. The highest BCUT2D eigenvalue weighted by atomic mass is 31.2. The van der Waals surface area contributed by atoms with Crippen molar-refractivity contribution in [3.05, 3.63) is 118 Å². The van der Waals surface area contributed by atoms with Crippen LogP contribution in [-0.2, 0) is 17.3 Å². The van der Waals surface area contributed by atoms with E-state index < -0.39 is 8.53 Å². The maximum atomic E-state index is 7.27. The molecular weight excluding hydrogens is 589 g/mol. The summed E-state index contributed by atoms with van der Waals surface area (Å²) in [5.41, 5.74) is 7.24. The highest BCUT2D eigenvalue weighted by Gasteiger charge is 2.42. The van der Waals surface area contributed by atoms with Gasteiger partial charge in [-0.05, 0) is 71.9 Å². The van der Waals surface area contributed by atoms with Gasteiger partial charge >= 0.3 is 8.53 Å². The van der Waals surface area contributed by atoms with Crippen LogP contribution in [0.1, 0.15) is 106 Å². The molecule has 0 spiro atoms. The summed E-state index contributed by atoms with van der Waals surface area (Å²) in [4.78, 5) is 0. The zero-order valence-electron chi connectivity index (χ0n) is 28.6. The molecule has 0 unspecified atom stereocenters. The quantitative estimate of drug-likeness (QED) is 0.189. The first-order chi connectivity index (χ1) is 22.1. The Labute approximate surface area is 276 Å². The van der Waals surface area contributed by atoms with E-state index in [0.29, 0.717) is 6.42 Å². The van der Waals surface area contributed by atoms with Crippen LogP contribution in [0.2, 0.25) is 0 Å². The first-order valence-electron chi connectivity index (χ1n) is 16.5. The first-order valence-corrected chi connectivity index (χ1v) is 17.6. The number of methoxy groups -OCH3 is 2. The molecule has 0 N–H and O–H groups in total. The van der Waals surface area contributed by atoms with Crippen LogP contribution in [0, 0.1) is 0 Å². The molecule has 2 atom stereocenters. The molecular formula is C40H48NO4P. The SMILES string of the molecule is COc1ccc2c3c1OP(N([C@H](C)c1ccccc1)[C@H](C)c1ccccc1)Oc1c(OC)ccc(c1C3)C(C)(C)CCCC2(C)C. The van der Waals surface area contributed by atoms with Crippen LogP contribution in [0.15, 0.2) is 84.9 Å². The van der Waals surface area contributed by atoms with Crippen molar-refractivity contribution < 1.29 is 18.5 Å². The Morgan fingerprint density at radius 2 is 1.04 bits per heavy atom. The third-order valence-corrected chi connectivity index (χ3v) is 11.9. The van der Waals surface area contributed by atoms with E-state index in [0.717, 1.165) is 42.3 Å². The van der Waals surface area contributed by atoms with Crippen LogP contribution in [0.4, 0.5) is 0 Å². The van der Waals surface area contributed by atoms with Crippen molar-refractivity contribution in [2.45, 2.75) is 90.1 Å². The molecule has 2 aliphatic rings. The lowest BCUT2D eigenvalue weighted by atomic mass is 9.70. The van der Waals surface area contributed by atoms with Gasteiger partial charge in [0.05, 0.1) is 14.2 Å². The maximum Gasteiger partial charge on any atom is 0.385 e. The van der Waals surface area contributed by atoms with E-state index in [-0.39, 0.29) is 22.9 Å². The molecule has 0 radical (unpaired) electrons. The number of hydrogen-bond donors (Lipinski definition) is 0. The average molecular weight is 638 g/mol. The van der Waals surface area contributed by atoms with Gasteiger partial charge in [0.25, 0.3) is 0 Å². The molecule has 0 fully saturated rings. The lowest BCUT2D eigenvalue weighted by Gasteiger charge is -2.41. The monoisotopic (exact) mass is 637 g/mol. The standard InChI is InChI=1S/C40H48NO4P/c1-27(29-16-11-9-12-17-29)41(28(2)30-18-13-10-14-19-30)46-44-37-31-26-32-34(21-23-36(43-8)38(32)45-46)40(5,6)25-15-24-39(3,4)33(31)20-22-35(37)42-7/h9-14,16-23,27-28H,15,24-26H2,1-8H3/t27-,28-/m1/s1. The summed E-state index contributed by atoms with van der Waals surface area (Å²) in [5.74, 6) is 3.02. The Bertz CT molecular complexity index is 1550.